The molecule has 4 N–H and O–H groups in total. The second kappa shape index (κ2) is 8.03. The van der Waals surface area contributed by atoms with Gasteiger partial charge in [-0.1, -0.05) is 22.2 Å². The molecule has 0 aliphatic heterocycles. The number of rotatable bonds is 7. The standard InChI is InChI=1S/C16H14O10S3/c17-11-5-12(27-25-23-18)8-2-3-9-13(28-26-24-19)6-14(29(20,21)22)10-4-1-7(11)15(8)16(9)10/h2-3,5-6,13,15,17-19H,1,4H2,(H,20,21,22). The molecule has 2 atom stereocenters. The van der Waals surface area contributed by atoms with E-state index in [4.69, 9.17) is 10.5 Å². The molecule has 0 amide bonds. The number of aliphatic hydroxyl groups excluding tert-OH is 1. The molecular formula is C16H14O10S3. The van der Waals surface area contributed by atoms with Crippen molar-refractivity contribution in [1.82, 2.24) is 0 Å². The van der Waals surface area contributed by atoms with Crippen molar-refractivity contribution in [3.05, 3.63) is 67.7 Å². The quantitative estimate of drug-likeness (QED) is 0.189. The van der Waals surface area contributed by atoms with Crippen LogP contribution in [-0.2, 0) is 28.9 Å². The van der Waals surface area contributed by atoms with Crippen LogP contribution in [0, 0.1) is 5.92 Å². The molecule has 0 saturated carbocycles. The molecule has 0 saturated heterocycles. The fourth-order valence-corrected chi connectivity index (χ4v) is 6.16. The summed E-state index contributed by atoms with van der Waals surface area (Å²) in [6.45, 7) is 0. The largest absolute Gasteiger partial charge is 0.508 e. The lowest BCUT2D eigenvalue weighted by Crippen LogP contribution is -2.31. The van der Waals surface area contributed by atoms with Crippen LogP contribution >= 0.6 is 24.1 Å². The van der Waals surface area contributed by atoms with E-state index in [1.165, 1.54) is 12.2 Å². The minimum absolute atomic E-state index is 0.00564. The molecule has 0 spiro atoms. The molecule has 13 heteroatoms. The predicted octanol–water partition coefficient (Wildman–Crippen LogP) is 3.56. The first-order chi connectivity index (χ1) is 13.9. The normalized spacial score (nSPS) is 25.9. The lowest BCUT2D eigenvalue weighted by molar-refractivity contribution is -0.432. The summed E-state index contributed by atoms with van der Waals surface area (Å²) in [6, 6.07) is 0. The van der Waals surface area contributed by atoms with Crippen LogP contribution in [-0.4, -0.2) is 33.8 Å². The van der Waals surface area contributed by atoms with Gasteiger partial charge < -0.3 is 5.11 Å². The van der Waals surface area contributed by atoms with E-state index in [1.54, 1.807) is 12.2 Å². The lowest BCUT2D eigenvalue weighted by Gasteiger charge is -2.41. The van der Waals surface area contributed by atoms with Crippen molar-refractivity contribution in [3.63, 3.8) is 0 Å². The highest BCUT2D eigenvalue weighted by Crippen LogP contribution is 2.56. The van der Waals surface area contributed by atoms with Gasteiger partial charge in [-0.2, -0.15) is 8.42 Å². The Labute approximate surface area is 173 Å². The van der Waals surface area contributed by atoms with Gasteiger partial charge in [-0.05, 0) is 52.9 Å². The molecule has 0 aromatic rings. The molecule has 156 valence electrons. The maximum atomic E-state index is 12.0. The zero-order chi connectivity index (χ0) is 20.8. The fourth-order valence-electron chi connectivity index (χ4n) is 4.07. The van der Waals surface area contributed by atoms with Gasteiger partial charge in [-0.15, -0.1) is 8.67 Å². The third-order valence-corrected chi connectivity index (χ3v) is 7.40. The number of hydrogen-bond donors (Lipinski definition) is 4. The van der Waals surface area contributed by atoms with Crippen LogP contribution < -0.4 is 0 Å². The maximum absolute atomic E-state index is 12.0. The van der Waals surface area contributed by atoms with Crippen LogP contribution in [0.2, 0.25) is 0 Å². The summed E-state index contributed by atoms with van der Waals surface area (Å²) in [5.41, 5.74) is 3.13. The summed E-state index contributed by atoms with van der Waals surface area (Å²) in [7, 11) is -4.54. The summed E-state index contributed by atoms with van der Waals surface area (Å²) in [5, 5.41) is 34.0. The van der Waals surface area contributed by atoms with Gasteiger partial charge in [0.25, 0.3) is 10.1 Å². The number of hydrogen-bond acceptors (Lipinski definition) is 11. The summed E-state index contributed by atoms with van der Waals surface area (Å²) in [5.74, 6) is -0.483. The highest BCUT2D eigenvalue weighted by Gasteiger charge is 2.45. The van der Waals surface area contributed by atoms with E-state index in [0.717, 1.165) is 0 Å². The molecule has 4 aliphatic carbocycles. The van der Waals surface area contributed by atoms with Crippen LogP contribution in [0.4, 0.5) is 0 Å². The molecule has 2 unspecified atom stereocenters. The van der Waals surface area contributed by atoms with Gasteiger partial charge >= 0.3 is 0 Å². The smallest absolute Gasteiger partial charge is 0.294 e. The van der Waals surface area contributed by atoms with Gasteiger partial charge in [0.2, 0.25) is 0 Å². The van der Waals surface area contributed by atoms with Crippen molar-refractivity contribution < 1.29 is 47.3 Å². The topological polar surface area (TPSA) is 152 Å². The van der Waals surface area contributed by atoms with E-state index in [9.17, 15) is 18.1 Å². The molecule has 0 radical (unpaired) electrons. The van der Waals surface area contributed by atoms with Gasteiger partial charge in [0, 0.05) is 22.9 Å². The first kappa shape index (κ1) is 20.9. The molecule has 0 aromatic carbocycles. The Morgan fingerprint density at radius 1 is 1.07 bits per heavy atom. The monoisotopic (exact) mass is 462 g/mol. The zero-order valence-corrected chi connectivity index (χ0v) is 16.8. The maximum Gasteiger partial charge on any atom is 0.294 e. The van der Waals surface area contributed by atoms with Crippen molar-refractivity contribution in [2.24, 2.45) is 5.92 Å². The highest BCUT2D eigenvalue weighted by atomic mass is 32.2. The van der Waals surface area contributed by atoms with Crippen LogP contribution in [0.3, 0.4) is 0 Å². The Hall–Kier alpha value is -1.39. The summed E-state index contributed by atoms with van der Waals surface area (Å²) >= 11 is 1.34. The molecule has 0 fully saturated rings. The third-order valence-electron chi connectivity index (χ3n) is 5.06. The molecule has 0 aromatic heterocycles. The summed E-state index contributed by atoms with van der Waals surface area (Å²) < 4.78 is 42.9. The second-order valence-corrected chi connectivity index (χ2v) is 9.35. The minimum Gasteiger partial charge on any atom is -0.508 e. The molecule has 4 aliphatic rings. The first-order valence-electron chi connectivity index (χ1n) is 8.14. The van der Waals surface area contributed by atoms with E-state index < -0.39 is 21.3 Å². The Kier molecular flexibility index (Phi) is 5.78. The average Bonchev–Trinajstić information content (AvgIpc) is 2.69. The van der Waals surface area contributed by atoms with Crippen molar-refractivity contribution in [3.8, 4) is 0 Å². The Bertz CT molecular complexity index is 1030. The molecule has 4 rings (SSSR count). The van der Waals surface area contributed by atoms with Crippen LogP contribution in [0.25, 0.3) is 0 Å². The van der Waals surface area contributed by atoms with Crippen molar-refractivity contribution in [2.45, 2.75) is 18.1 Å². The summed E-state index contributed by atoms with van der Waals surface area (Å²) in [6.07, 6.45) is 7.00. The Morgan fingerprint density at radius 2 is 1.79 bits per heavy atom. The van der Waals surface area contributed by atoms with E-state index in [0.29, 0.717) is 69.7 Å². The Balaban J connectivity index is 1.89. The number of aliphatic hydroxyl groups is 1. The van der Waals surface area contributed by atoms with Gasteiger partial charge in [-0.25, -0.2) is 10.5 Å². The van der Waals surface area contributed by atoms with Gasteiger partial charge in [-0.3, -0.25) is 4.55 Å². The van der Waals surface area contributed by atoms with Crippen LogP contribution in [0.5, 0.6) is 0 Å². The average molecular weight is 462 g/mol. The molecule has 0 heterocycles. The second-order valence-electron chi connectivity index (χ2n) is 6.38. The Morgan fingerprint density at radius 3 is 2.48 bits per heavy atom. The molecule has 29 heavy (non-hydrogen) atoms. The van der Waals surface area contributed by atoms with Crippen molar-refractivity contribution >= 4 is 34.2 Å². The molecular weight excluding hydrogens is 448 g/mol. The predicted molar refractivity (Wildman–Crippen MR) is 102 cm³/mol. The van der Waals surface area contributed by atoms with E-state index in [2.05, 4.69) is 18.7 Å². The number of allylic oxidation sites excluding steroid dienone is 7. The van der Waals surface area contributed by atoms with Gasteiger partial charge in [0.1, 0.15) is 5.76 Å². The van der Waals surface area contributed by atoms with Crippen molar-refractivity contribution in [1.29, 1.82) is 0 Å². The van der Waals surface area contributed by atoms with Crippen molar-refractivity contribution in [2.75, 3.05) is 0 Å². The van der Waals surface area contributed by atoms with Gasteiger partial charge in [0.15, 0.2) is 0 Å². The highest BCUT2D eigenvalue weighted by molar-refractivity contribution is 7.98. The summed E-state index contributed by atoms with van der Waals surface area (Å²) in [4.78, 5) is 0.207. The van der Waals surface area contributed by atoms with E-state index >= 15 is 0 Å². The molecule has 10 nitrogen and oxygen atoms in total. The van der Waals surface area contributed by atoms with Crippen LogP contribution in [0.15, 0.2) is 67.7 Å². The SMILES string of the molecule is O=S(=O)(O)C1=CC(SOOO)C2=CC=C3C(SOOO)=CC(O)=C4CCC1=C2C34. The lowest BCUT2D eigenvalue weighted by atomic mass is 9.66. The zero-order valence-electron chi connectivity index (χ0n) is 14.3. The fraction of sp³-hybridized carbons (Fsp3) is 0.250. The third kappa shape index (κ3) is 3.63. The first-order valence-corrected chi connectivity index (χ1v) is 11.1. The van der Waals surface area contributed by atoms with Gasteiger partial charge in [0.05, 0.1) is 22.2 Å². The van der Waals surface area contributed by atoms with E-state index in [1.807, 2.05) is 0 Å². The van der Waals surface area contributed by atoms with Crippen LogP contribution in [0.1, 0.15) is 12.8 Å². The molecule has 0 bridgehead atoms. The minimum atomic E-state index is -4.54. The van der Waals surface area contributed by atoms with E-state index in [-0.39, 0.29) is 10.7 Å².